The van der Waals surface area contributed by atoms with Crippen molar-refractivity contribution in [3.63, 3.8) is 0 Å². The molecule has 1 atom stereocenters. The molecule has 0 amide bonds. The Morgan fingerprint density at radius 1 is 0.970 bits per heavy atom. The van der Waals surface area contributed by atoms with Gasteiger partial charge >= 0.3 is 0 Å². The summed E-state index contributed by atoms with van der Waals surface area (Å²) in [5.41, 5.74) is 0.825. The predicted molar refractivity (Wildman–Crippen MR) is 119 cm³/mol. The summed E-state index contributed by atoms with van der Waals surface area (Å²) >= 11 is 0. The first-order valence-corrected chi connectivity index (χ1v) is 11.5. The van der Waals surface area contributed by atoms with Gasteiger partial charge in [0.2, 0.25) is 5.75 Å². The molecule has 1 aliphatic rings. The van der Waals surface area contributed by atoms with Crippen LogP contribution in [0.2, 0.25) is 0 Å². The number of nitro groups is 1. The van der Waals surface area contributed by atoms with Gasteiger partial charge in [-0.15, -0.1) is 0 Å². The fourth-order valence-corrected chi connectivity index (χ4v) is 5.91. The van der Waals surface area contributed by atoms with E-state index in [0.29, 0.717) is 29.4 Å². The molecule has 3 aromatic rings. The van der Waals surface area contributed by atoms with Crippen molar-refractivity contribution in [2.75, 3.05) is 27.9 Å². The van der Waals surface area contributed by atoms with Gasteiger partial charge in [0, 0.05) is 31.0 Å². The van der Waals surface area contributed by atoms with Crippen molar-refractivity contribution in [3.05, 3.63) is 76.1 Å². The molecule has 0 spiro atoms. The van der Waals surface area contributed by atoms with Gasteiger partial charge in [0.05, 0.1) is 32.3 Å². The number of benzene rings is 2. The van der Waals surface area contributed by atoms with E-state index in [1.165, 1.54) is 49.9 Å². The van der Waals surface area contributed by atoms with E-state index < -0.39 is 26.7 Å². The van der Waals surface area contributed by atoms with Crippen LogP contribution in [-0.2, 0) is 16.6 Å². The zero-order valence-electron chi connectivity index (χ0n) is 18.3. The molecule has 2 aromatic carbocycles. The first-order valence-electron chi connectivity index (χ1n) is 10.0. The molecule has 0 unspecified atom stereocenters. The Kier molecular flexibility index (Phi) is 6.00. The first-order chi connectivity index (χ1) is 15.8. The van der Waals surface area contributed by atoms with Crippen LogP contribution < -0.4 is 14.2 Å². The molecular weight excluding hydrogens is 450 g/mol. The van der Waals surface area contributed by atoms with E-state index in [2.05, 4.69) is 0 Å². The average molecular weight is 474 g/mol. The number of para-hydroxylation sites is 1. The molecule has 0 aliphatic carbocycles. The minimum absolute atomic E-state index is 0.122. The predicted octanol–water partition coefficient (Wildman–Crippen LogP) is 3.22. The monoisotopic (exact) mass is 473 g/mol. The standard InChI is InChI=1S/C22H23N3O7S/c1-30-18-13-15(14-19(31-2)22(18)32-3)21-17-8-6-10-23(17)11-12-24(21)33(28,29)20-9-5-4-7-16(20)25(26)27/h4-10,13-14,21H,11-12H2,1-3H3/t21-/m0/s1. The van der Waals surface area contributed by atoms with E-state index in [9.17, 15) is 18.5 Å². The summed E-state index contributed by atoms with van der Waals surface area (Å²) in [6.45, 7) is 0.528. The Labute approximate surface area is 191 Å². The van der Waals surface area contributed by atoms with Gasteiger partial charge in [-0.05, 0) is 35.9 Å². The lowest BCUT2D eigenvalue weighted by molar-refractivity contribution is -0.387. The van der Waals surface area contributed by atoms with Crippen LogP contribution in [0.3, 0.4) is 0 Å². The van der Waals surface area contributed by atoms with Crippen molar-refractivity contribution < 1.29 is 27.6 Å². The topological polar surface area (TPSA) is 113 Å². The zero-order valence-corrected chi connectivity index (χ0v) is 19.1. The maximum atomic E-state index is 13.8. The van der Waals surface area contributed by atoms with E-state index in [-0.39, 0.29) is 11.4 Å². The number of ether oxygens (including phenoxy) is 3. The van der Waals surface area contributed by atoms with Crippen LogP contribution in [0.25, 0.3) is 0 Å². The van der Waals surface area contributed by atoms with E-state index in [4.69, 9.17) is 14.2 Å². The summed E-state index contributed by atoms with van der Waals surface area (Å²) in [5, 5.41) is 11.6. The summed E-state index contributed by atoms with van der Waals surface area (Å²) in [5.74, 6) is 1.13. The Hall–Kier alpha value is -3.57. The zero-order chi connectivity index (χ0) is 23.8. The number of rotatable bonds is 7. The minimum Gasteiger partial charge on any atom is -0.493 e. The average Bonchev–Trinajstić information content (AvgIpc) is 3.31. The molecule has 174 valence electrons. The number of methoxy groups -OCH3 is 3. The van der Waals surface area contributed by atoms with Crippen molar-refractivity contribution in [1.29, 1.82) is 0 Å². The van der Waals surface area contributed by atoms with Crippen molar-refractivity contribution in [3.8, 4) is 17.2 Å². The Bertz CT molecular complexity index is 1280. The summed E-state index contributed by atoms with van der Waals surface area (Å²) in [6.07, 6.45) is 1.87. The molecule has 33 heavy (non-hydrogen) atoms. The second kappa shape index (κ2) is 8.75. The smallest absolute Gasteiger partial charge is 0.289 e. The fourth-order valence-electron chi connectivity index (χ4n) is 4.17. The molecule has 0 fully saturated rings. The van der Waals surface area contributed by atoms with Crippen molar-refractivity contribution >= 4 is 15.7 Å². The molecule has 1 aliphatic heterocycles. The lowest BCUT2D eigenvalue weighted by Crippen LogP contribution is -2.42. The fraction of sp³-hybridized carbons (Fsp3) is 0.273. The van der Waals surface area contributed by atoms with Crippen molar-refractivity contribution in [1.82, 2.24) is 8.87 Å². The third-order valence-electron chi connectivity index (χ3n) is 5.65. The van der Waals surface area contributed by atoms with Gasteiger partial charge in [0.1, 0.15) is 0 Å². The normalized spacial score (nSPS) is 16.2. The van der Waals surface area contributed by atoms with Gasteiger partial charge < -0.3 is 18.8 Å². The molecule has 0 saturated carbocycles. The number of fused-ring (bicyclic) bond motifs is 1. The number of hydrogen-bond donors (Lipinski definition) is 0. The third kappa shape index (κ3) is 3.79. The lowest BCUT2D eigenvalue weighted by Gasteiger charge is -2.36. The van der Waals surface area contributed by atoms with Gasteiger partial charge in [-0.2, -0.15) is 4.31 Å². The minimum atomic E-state index is -4.25. The van der Waals surface area contributed by atoms with Gasteiger partial charge in [-0.1, -0.05) is 12.1 Å². The maximum absolute atomic E-state index is 13.8. The largest absolute Gasteiger partial charge is 0.493 e. The van der Waals surface area contributed by atoms with Crippen molar-refractivity contribution in [2.24, 2.45) is 0 Å². The molecule has 11 heteroatoms. The van der Waals surface area contributed by atoms with Crippen molar-refractivity contribution in [2.45, 2.75) is 17.5 Å². The Balaban J connectivity index is 1.93. The number of nitro benzene ring substituents is 1. The number of nitrogens with zero attached hydrogens (tertiary/aromatic N) is 3. The van der Waals surface area contributed by atoms with Gasteiger partial charge in [-0.25, -0.2) is 8.42 Å². The Morgan fingerprint density at radius 3 is 2.24 bits per heavy atom. The van der Waals surface area contributed by atoms with E-state index >= 15 is 0 Å². The van der Waals surface area contributed by atoms with Crippen LogP contribution in [0.1, 0.15) is 17.3 Å². The summed E-state index contributed by atoms with van der Waals surface area (Å²) in [4.78, 5) is 10.5. The van der Waals surface area contributed by atoms with Gasteiger partial charge in [0.25, 0.3) is 15.7 Å². The molecule has 0 N–H and O–H groups in total. The SMILES string of the molecule is COc1cc([C@H]2c3cccn3CCN2S(=O)(=O)c2ccccc2[N+](=O)[O-])cc(OC)c1OC. The summed E-state index contributed by atoms with van der Waals surface area (Å²) < 4.78 is 47.1. The van der Waals surface area contributed by atoms with Crippen LogP contribution >= 0.6 is 0 Å². The quantitative estimate of drug-likeness (QED) is 0.382. The Morgan fingerprint density at radius 2 is 1.64 bits per heavy atom. The van der Waals surface area contributed by atoms with Crippen LogP contribution in [0, 0.1) is 10.1 Å². The summed E-state index contributed by atoms with van der Waals surface area (Å²) in [6, 6.07) is 11.6. The van der Waals surface area contributed by atoms with E-state index in [1.54, 1.807) is 12.1 Å². The second-order valence-corrected chi connectivity index (χ2v) is 9.19. The van der Waals surface area contributed by atoms with Crippen LogP contribution in [0.5, 0.6) is 17.2 Å². The van der Waals surface area contributed by atoms with Crippen LogP contribution in [-0.4, -0.2) is 50.1 Å². The number of aromatic nitrogens is 1. The van der Waals surface area contributed by atoms with E-state index in [0.717, 1.165) is 5.69 Å². The number of hydrogen-bond acceptors (Lipinski definition) is 7. The van der Waals surface area contributed by atoms with Crippen LogP contribution in [0.15, 0.2) is 59.6 Å². The third-order valence-corrected chi connectivity index (χ3v) is 7.56. The molecule has 0 radical (unpaired) electrons. The molecule has 0 bridgehead atoms. The molecule has 10 nitrogen and oxygen atoms in total. The molecule has 4 rings (SSSR count). The summed E-state index contributed by atoms with van der Waals surface area (Å²) in [7, 11) is 0.196. The number of sulfonamides is 1. The molecular formula is C22H23N3O7S. The van der Waals surface area contributed by atoms with Gasteiger partial charge in [-0.3, -0.25) is 10.1 Å². The second-order valence-electron chi connectivity index (χ2n) is 7.33. The maximum Gasteiger partial charge on any atom is 0.289 e. The van der Waals surface area contributed by atoms with Crippen LogP contribution in [0.4, 0.5) is 5.69 Å². The van der Waals surface area contributed by atoms with E-state index in [1.807, 2.05) is 22.9 Å². The molecule has 1 aromatic heterocycles. The van der Waals surface area contributed by atoms with Gasteiger partial charge in [0.15, 0.2) is 16.4 Å². The highest BCUT2D eigenvalue weighted by atomic mass is 32.2. The highest BCUT2D eigenvalue weighted by molar-refractivity contribution is 7.89. The molecule has 2 heterocycles. The first kappa shape index (κ1) is 22.6. The lowest BCUT2D eigenvalue weighted by atomic mass is 10.0. The molecule has 0 saturated heterocycles. The highest BCUT2D eigenvalue weighted by Gasteiger charge is 2.41. The highest BCUT2D eigenvalue weighted by Crippen LogP contribution is 2.44.